The van der Waals surface area contributed by atoms with E-state index in [1.165, 1.54) is 5.56 Å². The third kappa shape index (κ3) is 2.96. The monoisotopic (exact) mass is 322 g/mol. The first-order valence-corrected chi connectivity index (χ1v) is 7.34. The molecule has 1 aliphatic rings. The Balaban J connectivity index is 0.00000176. The van der Waals surface area contributed by atoms with Crippen molar-refractivity contribution < 1.29 is 4.42 Å². The Morgan fingerprint density at radius 2 is 1.86 bits per heavy atom. The molecular weight excluding hydrogens is 300 g/mol. The van der Waals surface area contributed by atoms with Gasteiger partial charge in [0.05, 0.1) is 6.54 Å². The van der Waals surface area contributed by atoms with Crippen molar-refractivity contribution in [3.63, 3.8) is 0 Å². The van der Waals surface area contributed by atoms with Crippen molar-refractivity contribution in [1.29, 1.82) is 0 Å². The predicted molar refractivity (Wildman–Crippen MR) is 89.3 cm³/mol. The number of anilines is 1. The van der Waals surface area contributed by atoms with Crippen LogP contribution in [-0.2, 0) is 12.0 Å². The summed E-state index contributed by atoms with van der Waals surface area (Å²) < 4.78 is 5.56. The lowest BCUT2D eigenvalue weighted by atomic mass is 9.88. The Hall–Kier alpha value is -1.59. The van der Waals surface area contributed by atoms with E-state index in [1.54, 1.807) is 0 Å². The van der Waals surface area contributed by atoms with E-state index in [4.69, 9.17) is 4.42 Å². The first kappa shape index (κ1) is 16.8. The molecule has 22 heavy (non-hydrogen) atoms. The first-order valence-electron chi connectivity index (χ1n) is 7.34. The summed E-state index contributed by atoms with van der Waals surface area (Å²) in [5.41, 5.74) is 1.80. The maximum Gasteiger partial charge on any atom is 0.315 e. The molecule has 0 amide bonds. The second kappa shape index (κ2) is 6.26. The highest BCUT2D eigenvalue weighted by Gasteiger charge is 2.61. The highest BCUT2D eigenvalue weighted by atomic mass is 35.5. The van der Waals surface area contributed by atoms with Crippen molar-refractivity contribution in [2.45, 2.75) is 32.2 Å². The molecule has 2 N–H and O–H groups in total. The van der Waals surface area contributed by atoms with Crippen molar-refractivity contribution in [2.75, 3.05) is 18.9 Å². The van der Waals surface area contributed by atoms with E-state index in [9.17, 15) is 0 Å². The molecule has 1 atom stereocenters. The van der Waals surface area contributed by atoms with Crippen LogP contribution in [0.25, 0.3) is 0 Å². The highest BCUT2D eigenvalue weighted by molar-refractivity contribution is 5.85. The third-order valence-corrected chi connectivity index (χ3v) is 4.58. The lowest BCUT2D eigenvalue weighted by molar-refractivity contribution is 0.475. The minimum absolute atomic E-state index is 0. The molecule has 1 aromatic heterocycles. The Morgan fingerprint density at radius 1 is 1.18 bits per heavy atom. The van der Waals surface area contributed by atoms with E-state index in [0.717, 1.165) is 13.0 Å². The van der Waals surface area contributed by atoms with E-state index in [2.05, 4.69) is 65.0 Å². The lowest BCUT2D eigenvalue weighted by Gasteiger charge is -2.21. The van der Waals surface area contributed by atoms with Crippen LogP contribution in [0.5, 0.6) is 0 Å². The fourth-order valence-corrected chi connectivity index (χ4v) is 3.14. The zero-order valence-electron chi connectivity index (χ0n) is 13.2. The molecule has 2 aromatic rings. The SMILES string of the molecule is CNCc1nnc(NCC2(c3ccccc3)CC2(C)C)o1.Cl. The van der Waals surface area contributed by atoms with Crippen LogP contribution >= 0.6 is 12.4 Å². The average molecular weight is 323 g/mol. The van der Waals surface area contributed by atoms with Gasteiger partial charge in [-0.3, -0.25) is 0 Å². The van der Waals surface area contributed by atoms with Crippen molar-refractivity contribution in [2.24, 2.45) is 5.41 Å². The van der Waals surface area contributed by atoms with Gasteiger partial charge < -0.3 is 15.1 Å². The Morgan fingerprint density at radius 3 is 2.45 bits per heavy atom. The first-order chi connectivity index (χ1) is 10.1. The maximum absolute atomic E-state index is 5.56. The fraction of sp³-hybridized carbons (Fsp3) is 0.500. The summed E-state index contributed by atoms with van der Waals surface area (Å²) in [6.45, 7) is 6.01. The lowest BCUT2D eigenvalue weighted by Crippen LogP contribution is -2.25. The molecule has 3 rings (SSSR count). The molecule has 1 heterocycles. The van der Waals surface area contributed by atoms with Crippen molar-refractivity contribution in [3.05, 3.63) is 41.8 Å². The summed E-state index contributed by atoms with van der Waals surface area (Å²) in [7, 11) is 1.86. The molecular formula is C16H23ClN4O. The smallest absolute Gasteiger partial charge is 0.315 e. The van der Waals surface area contributed by atoms with Crippen LogP contribution in [-0.4, -0.2) is 23.8 Å². The molecule has 1 unspecified atom stereocenters. The van der Waals surface area contributed by atoms with E-state index >= 15 is 0 Å². The van der Waals surface area contributed by atoms with Gasteiger partial charge in [0.1, 0.15) is 0 Å². The standard InChI is InChI=1S/C16H22N4O.ClH/c1-15(2)10-16(15,12-7-5-4-6-8-12)11-18-14-20-19-13(21-14)9-17-3;/h4-8,17H,9-11H2,1-3H3,(H,18,20);1H. The van der Waals surface area contributed by atoms with E-state index in [-0.39, 0.29) is 23.2 Å². The average Bonchev–Trinajstić information content (AvgIpc) is 2.83. The number of hydrogen-bond donors (Lipinski definition) is 2. The summed E-state index contributed by atoms with van der Waals surface area (Å²) >= 11 is 0. The number of halogens is 1. The number of hydrogen-bond acceptors (Lipinski definition) is 5. The predicted octanol–water partition coefficient (Wildman–Crippen LogP) is 2.99. The molecule has 1 saturated carbocycles. The molecule has 0 radical (unpaired) electrons. The number of aromatic nitrogens is 2. The Kier molecular flexibility index (Phi) is 4.78. The minimum atomic E-state index is 0. The van der Waals surface area contributed by atoms with Gasteiger partial charge in [-0.2, -0.15) is 0 Å². The van der Waals surface area contributed by atoms with Gasteiger partial charge in [0, 0.05) is 12.0 Å². The summed E-state index contributed by atoms with van der Waals surface area (Å²) in [6.07, 6.45) is 1.16. The molecule has 1 aromatic carbocycles. The van der Waals surface area contributed by atoms with Crippen molar-refractivity contribution >= 4 is 18.4 Å². The number of nitrogens with one attached hydrogen (secondary N) is 2. The molecule has 0 saturated heterocycles. The second-order valence-corrected chi connectivity index (χ2v) is 6.39. The summed E-state index contributed by atoms with van der Waals surface area (Å²) in [6, 6.07) is 11.2. The third-order valence-electron chi connectivity index (χ3n) is 4.58. The van der Waals surface area contributed by atoms with Crippen LogP contribution in [0, 0.1) is 5.41 Å². The van der Waals surface area contributed by atoms with Gasteiger partial charge in [0.15, 0.2) is 0 Å². The molecule has 5 nitrogen and oxygen atoms in total. The van der Waals surface area contributed by atoms with Gasteiger partial charge in [-0.1, -0.05) is 49.3 Å². The largest absolute Gasteiger partial charge is 0.407 e. The van der Waals surface area contributed by atoms with Crippen LogP contribution < -0.4 is 10.6 Å². The van der Waals surface area contributed by atoms with Gasteiger partial charge in [0.2, 0.25) is 5.89 Å². The van der Waals surface area contributed by atoms with Crippen molar-refractivity contribution in [3.8, 4) is 0 Å². The molecule has 0 spiro atoms. The molecule has 6 heteroatoms. The van der Waals surface area contributed by atoms with Crippen LogP contribution in [0.1, 0.15) is 31.7 Å². The van der Waals surface area contributed by atoms with Crippen LogP contribution in [0.3, 0.4) is 0 Å². The van der Waals surface area contributed by atoms with Crippen LogP contribution in [0.15, 0.2) is 34.7 Å². The molecule has 1 aliphatic carbocycles. The normalized spacial score (nSPS) is 22.0. The minimum Gasteiger partial charge on any atom is -0.407 e. The number of nitrogens with zero attached hydrogens (tertiary/aromatic N) is 2. The number of rotatable bonds is 6. The number of benzene rings is 1. The van der Waals surface area contributed by atoms with Gasteiger partial charge in [-0.05, 0) is 24.4 Å². The van der Waals surface area contributed by atoms with Gasteiger partial charge in [-0.15, -0.1) is 17.5 Å². The van der Waals surface area contributed by atoms with Gasteiger partial charge in [0.25, 0.3) is 0 Å². The zero-order chi connectivity index (χ0) is 14.9. The van der Waals surface area contributed by atoms with E-state index < -0.39 is 0 Å². The van der Waals surface area contributed by atoms with Crippen molar-refractivity contribution in [1.82, 2.24) is 15.5 Å². The molecule has 120 valence electrons. The van der Waals surface area contributed by atoms with Crippen LogP contribution in [0.2, 0.25) is 0 Å². The Labute approximate surface area is 137 Å². The molecule has 0 aliphatic heterocycles. The zero-order valence-corrected chi connectivity index (χ0v) is 14.0. The Bertz CT molecular complexity index is 614. The van der Waals surface area contributed by atoms with E-state index in [0.29, 0.717) is 18.5 Å². The second-order valence-electron chi connectivity index (χ2n) is 6.39. The quantitative estimate of drug-likeness (QED) is 0.856. The van der Waals surface area contributed by atoms with Gasteiger partial charge >= 0.3 is 6.01 Å². The summed E-state index contributed by atoms with van der Waals surface area (Å²) in [5, 5.41) is 14.3. The van der Waals surface area contributed by atoms with E-state index in [1.807, 2.05) is 7.05 Å². The van der Waals surface area contributed by atoms with Crippen LogP contribution in [0.4, 0.5) is 6.01 Å². The fourth-order valence-electron chi connectivity index (χ4n) is 3.14. The maximum atomic E-state index is 5.56. The van der Waals surface area contributed by atoms with Gasteiger partial charge in [-0.25, -0.2) is 0 Å². The topological polar surface area (TPSA) is 63.0 Å². The summed E-state index contributed by atoms with van der Waals surface area (Å²) in [5.74, 6) is 0.601. The molecule has 0 bridgehead atoms. The summed E-state index contributed by atoms with van der Waals surface area (Å²) in [4.78, 5) is 0. The highest BCUT2D eigenvalue weighted by Crippen LogP contribution is 2.64. The molecule has 1 fully saturated rings.